The molecule has 7 heteroatoms. The molecule has 0 saturated carbocycles. The van der Waals surface area contributed by atoms with Gasteiger partial charge in [0.1, 0.15) is 0 Å². The van der Waals surface area contributed by atoms with E-state index in [1.54, 1.807) is 0 Å². The van der Waals surface area contributed by atoms with E-state index in [-0.39, 0.29) is 17.4 Å². The molecule has 1 aromatic heterocycles. The third-order valence-electron chi connectivity index (χ3n) is 3.24. The van der Waals surface area contributed by atoms with Gasteiger partial charge in [-0.1, -0.05) is 19.0 Å². The highest BCUT2D eigenvalue weighted by atomic mass is 32.2. The van der Waals surface area contributed by atoms with E-state index in [4.69, 9.17) is 4.52 Å². The topological polar surface area (TPSA) is 93.3 Å². The second-order valence-corrected chi connectivity index (χ2v) is 7.86. The molecule has 1 aliphatic heterocycles. The van der Waals surface area contributed by atoms with Gasteiger partial charge < -0.3 is 9.63 Å². The van der Waals surface area contributed by atoms with Crippen molar-refractivity contribution in [3.8, 4) is 0 Å². The first-order valence-corrected chi connectivity index (χ1v) is 8.39. The molecule has 0 aliphatic carbocycles. The van der Waals surface area contributed by atoms with E-state index in [9.17, 15) is 13.5 Å². The van der Waals surface area contributed by atoms with Crippen LogP contribution in [-0.4, -0.2) is 41.3 Å². The van der Waals surface area contributed by atoms with Crippen LogP contribution in [0.15, 0.2) is 4.52 Å². The highest BCUT2D eigenvalue weighted by Crippen LogP contribution is 2.26. The predicted molar refractivity (Wildman–Crippen MR) is 69.5 cm³/mol. The molecule has 0 radical (unpaired) electrons. The first-order chi connectivity index (χ1) is 8.85. The van der Waals surface area contributed by atoms with Crippen LogP contribution in [0.2, 0.25) is 0 Å². The Balaban J connectivity index is 1.96. The van der Waals surface area contributed by atoms with E-state index in [1.165, 1.54) is 0 Å². The van der Waals surface area contributed by atoms with Gasteiger partial charge in [-0.25, -0.2) is 8.42 Å². The zero-order valence-electron chi connectivity index (χ0n) is 11.2. The Hall–Kier alpha value is -0.950. The lowest BCUT2D eigenvalue weighted by Crippen LogP contribution is -2.13. The second-order valence-electron chi connectivity index (χ2n) is 5.63. The smallest absolute Gasteiger partial charge is 0.229 e. The normalized spacial score (nSPS) is 23.9. The third kappa shape index (κ3) is 4.01. The van der Waals surface area contributed by atoms with Crippen LogP contribution in [0.25, 0.3) is 0 Å². The molecule has 0 bridgehead atoms. The molecule has 1 aromatic rings. The number of aliphatic hydroxyl groups is 1. The van der Waals surface area contributed by atoms with Crippen molar-refractivity contribution in [1.82, 2.24) is 10.1 Å². The molecule has 2 unspecified atom stereocenters. The summed E-state index contributed by atoms with van der Waals surface area (Å²) in [5.41, 5.74) is 0. The van der Waals surface area contributed by atoms with E-state index in [1.807, 2.05) is 13.8 Å². The van der Waals surface area contributed by atoms with E-state index in [0.717, 1.165) is 0 Å². The fraction of sp³-hybridized carbons (Fsp3) is 0.833. The van der Waals surface area contributed by atoms with Gasteiger partial charge in [0.15, 0.2) is 15.7 Å². The van der Waals surface area contributed by atoms with Crippen molar-refractivity contribution in [3.05, 3.63) is 11.7 Å². The first kappa shape index (κ1) is 14.5. The summed E-state index contributed by atoms with van der Waals surface area (Å²) in [5, 5.41) is 13.6. The number of nitrogens with zero attached hydrogens (tertiary/aromatic N) is 2. The van der Waals surface area contributed by atoms with Gasteiger partial charge >= 0.3 is 0 Å². The molecule has 0 amide bonds. The molecule has 0 spiro atoms. The summed E-state index contributed by atoms with van der Waals surface area (Å²) in [6.45, 7) is 4.07. The number of aromatic nitrogens is 2. The summed E-state index contributed by atoms with van der Waals surface area (Å²) in [4.78, 5) is 4.20. The van der Waals surface area contributed by atoms with E-state index >= 15 is 0 Å². The Morgan fingerprint density at radius 2 is 2.21 bits per heavy atom. The number of rotatable bonds is 5. The zero-order chi connectivity index (χ0) is 14.0. The largest absolute Gasteiger partial charge is 0.393 e. The number of hydrogen-bond donors (Lipinski definition) is 1. The first-order valence-electron chi connectivity index (χ1n) is 6.56. The van der Waals surface area contributed by atoms with Gasteiger partial charge in [-0.05, 0) is 18.8 Å². The molecular formula is C12H20N2O4S. The highest BCUT2D eigenvalue weighted by Gasteiger charge is 2.32. The maximum absolute atomic E-state index is 11.4. The van der Waals surface area contributed by atoms with Gasteiger partial charge in [-0.3, -0.25) is 0 Å². The maximum Gasteiger partial charge on any atom is 0.229 e. The molecule has 1 N–H and O–H groups in total. The average Bonchev–Trinajstić information content (AvgIpc) is 2.83. The molecular weight excluding hydrogens is 268 g/mol. The van der Waals surface area contributed by atoms with Crippen LogP contribution in [0.4, 0.5) is 0 Å². The summed E-state index contributed by atoms with van der Waals surface area (Å²) in [6, 6.07) is 0. The summed E-state index contributed by atoms with van der Waals surface area (Å²) < 4.78 is 27.9. The monoisotopic (exact) mass is 288 g/mol. The third-order valence-corrected chi connectivity index (χ3v) is 5.00. The fourth-order valence-corrected chi connectivity index (χ4v) is 4.08. The fourth-order valence-electron chi connectivity index (χ4n) is 2.34. The molecule has 0 aromatic carbocycles. The quantitative estimate of drug-likeness (QED) is 0.866. The van der Waals surface area contributed by atoms with Crippen LogP contribution >= 0.6 is 0 Å². The zero-order valence-corrected chi connectivity index (χ0v) is 12.1. The van der Waals surface area contributed by atoms with Crippen LogP contribution in [0, 0.1) is 5.92 Å². The molecule has 1 saturated heterocycles. The van der Waals surface area contributed by atoms with Crippen LogP contribution in [0.1, 0.15) is 44.3 Å². The minimum absolute atomic E-state index is 0.0977. The standard InChI is InChI=1S/C12H20N2O4S/c1-8(2)5-10(15)6-11-13-12(14-18-11)9-3-4-19(16,17)7-9/h8-10,15H,3-7H2,1-2H3. The molecule has 2 rings (SSSR count). The van der Waals surface area contributed by atoms with Gasteiger partial charge in [0, 0.05) is 5.92 Å². The van der Waals surface area contributed by atoms with Gasteiger partial charge in [0.25, 0.3) is 0 Å². The van der Waals surface area contributed by atoms with Gasteiger partial charge in [0.05, 0.1) is 24.0 Å². The van der Waals surface area contributed by atoms with Crippen molar-refractivity contribution in [2.45, 2.75) is 45.1 Å². The minimum Gasteiger partial charge on any atom is -0.393 e. The van der Waals surface area contributed by atoms with Crippen molar-refractivity contribution >= 4 is 9.84 Å². The number of aliphatic hydroxyl groups excluding tert-OH is 1. The second kappa shape index (κ2) is 5.58. The Morgan fingerprint density at radius 1 is 1.47 bits per heavy atom. The van der Waals surface area contributed by atoms with E-state index in [2.05, 4.69) is 10.1 Å². The summed E-state index contributed by atoms with van der Waals surface area (Å²) in [6.07, 6.45) is 1.05. The lowest BCUT2D eigenvalue weighted by molar-refractivity contribution is 0.138. The van der Waals surface area contributed by atoms with Gasteiger partial charge in [-0.15, -0.1) is 0 Å². The molecule has 19 heavy (non-hydrogen) atoms. The molecule has 1 aliphatic rings. The Kier molecular flexibility index (Phi) is 4.25. The van der Waals surface area contributed by atoms with Crippen LogP contribution in [0.5, 0.6) is 0 Å². The molecule has 108 valence electrons. The van der Waals surface area contributed by atoms with Crippen LogP contribution < -0.4 is 0 Å². The van der Waals surface area contributed by atoms with Gasteiger partial charge in [-0.2, -0.15) is 4.98 Å². The summed E-state index contributed by atoms with van der Waals surface area (Å²) in [7, 11) is -2.94. The van der Waals surface area contributed by atoms with Crippen LogP contribution in [0.3, 0.4) is 0 Å². The summed E-state index contributed by atoms with van der Waals surface area (Å²) >= 11 is 0. The molecule has 2 atom stereocenters. The SMILES string of the molecule is CC(C)CC(O)Cc1nc(C2CCS(=O)(=O)C2)no1. The molecule has 2 heterocycles. The van der Waals surface area contributed by atoms with Gasteiger partial charge in [0.2, 0.25) is 5.89 Å². The lowest BCUT2D eigenvalue weighted by atomic mass is 10.0. The lowest BCUT2D eigenvalue weighted by Gasteiger charge is -2.09. The van der Waals surface area contributed by atoms with E-state index in [0.29, 0.717) is 36.9 Å². The van der Waals surface area contributed by atoms with Crippen molar-refractivity contribution in [1.29, 1.82) is 0 Å². The van der Waals surface area contributed by atoms with Crippen molar-refractivity contribution < 1.29 is 18.0 Å². The summed E-state index contributed by atoms with van der Waals surface area (Å²) in [5.74, 6) is 1.36. The number of hydrogen-bond acceptors (Lipinski definition) is 6. The number of sulfone groups is 1. The Morgan fingerprint density at radius 3 is 2.79 bits per heavy atom. The van der Waals surface area contributed by atoms with Crippen molar-refractivity contribution in [3.63, 3.8) is 0 Å². The van der Waals surface area contributed by atoms with Crippen LogP contribution in [-0.2, 0) is 16.3 Å². The van der Waals surface area contributed by atoms with Crippen molar-refractivity contribution in [2.24, 2.45) is 5.92 Å². The Bertz CT molecular complexity index is 524. The average molecular weight is 288 g/mol. The highest BCUT2D eigenvalue weighted by molar-refractivity contribution is 7.91. The van der Waals surface area contributed by atoms with Crippen molar-refractivity contribution in [2.75, 3.05) is 11.5 Å². The molecule has 6 nitrogen and oxygen atoms in total. The Labute approximate surface area is 113 Å². The minimum atomic E-state index is -2.94. The van der Waals surface area contributed by atoms with E-state index < -0.39 is 15.9 Å². The maximum atomic E-state index is 11.4. The molecule has 1 fully saturated rings. The predicted octanol–water partition coefficient (Wildman–Crippen LogP) is 0.921.